The lowest BCUT2D eigenvalue weighted by Gasteiger charge is -2.39. The molecule has 1 aromatic heterocycles. The quantitative estimate of drug-likeness (QED) is 0.916. The smallest absolute Gasteiger partial charge is 0.254 e. The number of thioether (sulfide) groups is 1. The number of nitrogens with zero attached hydrogens (tertiary/aromatic N) is 3. The summed E-state index contributed by atoms with van der Waals surface area (Å²) in [6, 6.07) is 2.11. The number of carbonyl (C=O) groups excluding carboxylic acids is 1. The second kappa shape index (κ2) is 6.85. The van der Waals surface area contributed by atoms with Crippen LogP contribution in [0, 0.1) is 19.8 Å². The van der Waals surface area contributed by atoms with Crippen molar-refractivity contribution in [2.45, 2.75) is 51.7 Å². The summed E-state index contributed by atoms with van der Waals surface area (Å²) in [5, 5.41) is 15.2. The minimum Gasteiger partial charge on any atom is -0.380 e. The molecule has 0 spiro atoms. The molecular weight excluding hydrogens is 310 g/mol. The normalized spacial score (nSPS) is 22.3. The maximum Gasteiger partial charge on any atom is 0.254 e. The number of carbonyl (C=O) groups is 1. The number of aryl methyl sites for hydroxylation is 2. The van der Waals surface area contributed by atoms with Gasteiger partial charge in [0.1, 0.15) is 5.60 Å². The fourth-order valence-corrected chi connectivity index (χ4v) is 4.81. The van der Waals surface area contributed by atoms with Crippen LogP contribution in [-0.2, 0) is 11.3 Å². The van der Waals surface area contributed by atoms with Crippen molar-refractivity contribution in [3.63, 3.8) is 0 Å². The Labute approximate surface area is 142 Å². The number of amides is 1. The first-order valence-electron chi connectivity index (χ1n) is 8.58. The maximum atomic E-state index is 12.6. The van der Waals surface area contributed by atoms with Crippen LogP contribution >= 0.6 is 11.8 Å². The van der Waals surface area contributed by atoms with E-state index in [2.05, 4.69) is 22.8 Å². The number of likely N-dealkylation sites (tertiary alicyclic amines) is 1. The third-order valence-electron chi connectivity index (χ3n) is 5.15. The van der Waals surface area contributed by atoms with Gasteiger partial charge in [0.25, 0.3) is 5.91 Å². The van der Waals surface area contributed by atoms with E-state index in [1.54, 1.807) is 0 Å². The highest BCUT2D eigenvalue weighted by atomic mass is 32.2. The van der Waals surface area contributed by atoms with Gasteiger partial charge in [-0.2, -0.15) is 16.9 Å². The summed E-state index contributed by atoms with van der Waals surface area (Å²) in [4.78, 5) is 14.5. The van der Waals surface area contributed by atoms with Crippen molar-refractivity contribution in [1.29, 1.82) is 0 Å². The highest BCUT2D eigenvalue weighted by molar-refractivity contribution is 7.99. The second-order valence-corrected chi connectivity index (χ2v) is 8.21. The van der Waals surface area contributed by atoms with Gasteiger partial charge in [0.05, 0.1) is 5.69 Å². The lowest BCUT2D eigenvalue weighted by Crippen LogP contribution is -2.53. The van der Waals surface area contributed by atoms with Crippen molar-refractivity contribution in [2.24, 2.45) is 5.92 Å². The van der Waals surface area contributed by atoms with Gasteiger partial charge < -0.3 is 10.0 Å². The first-order chi connectivity index (χ1) is 11.0. The fourth-order valence-electron chi connectivity index (χ4n) is 3.64. The monoisotopic (exact) mass is 337 g/mol. The number of hydrogen-bond acceptors (Lipinski definition) is 4. The predicted molar refractivity (Wildman–Crippen MR) is 92.5 cm³/mol. The number of piperidine rings is 1. The Morgan fingerprint density at radius 2 is 2.00 bits per heavy atom. The second-order valence-electron chi connectivity index (χ2n) is 6.99. The van der Waals surface area contributed by atoms with Crippen molar-refractivity contribution < 1.29 is 9.90 Å². The van der Waals surface area contributed by atoms with Gasteiger partial charge in [0.15, 0.2) is 0 Å². The zero-order valence-corrected chi connectivity index (χ0v) is 14.9. The third-order valence-corrected chi connectivity index (χ3v) is 6.14. The zero-order valence-electron chi connectivity index (χ0n) is 14.1. The predicted octanol–water partition coefficient (Wildman–Crippen LogP) is 2.00. The summed E-state index contributed by atoms with van der Waals surface area (Å²) >= 11 is 1.83. The molecule has 2 aliphatic heterocycles. The van der Waals surface area contributed by atoms with Crippen molar-refractivity contribution in [3.05, 3.63) is 17.5 Å². The van der Waals surface area contributed by atoms with Crippen molar-refractivity contribution in [2.75, 3.05) is 24.6 Å². The van der Waals surface area contributed by atoms with Gasteiger partial charge in [-0.05, 0) is 63.0 Å². The van der Waals surface area contributed by atoms with Gasteiger partial charge in [-0.1, -0.05) is 0 Å². The average Bonchev–Trinajstić information content (AvgIpc) is 2.86. The first kappa shape index (κ1) is 16.8. The summed E-state index contributed by atoms with van der Waals surface area (Å²) < 4.78 is 2.09. The number of rotatable bonds is 3. The largest absolute Gasteiger partial charge is 0.380 e. The van der Waals surface area contributed by atoms with Crippen LogP contribution in [0.25, 0.3) is 0 Å². The molecule has 3 rings (SSSR count). The molecule has 0 saturated carbocycles. The Bertz CT molecular complexity index is 558. The van der Waals surface area contributed by atoms with E-state index in [-0.39, 0.29) is 5.91 Å². The SMILES string of the molecule is Cc1cc(C)n(CC2CCN(C(=O)C3(O)CCSCC3)CC2)n1. The molecule has 2 aliphatic rings. The average molecular weight is 337 g/mol. The van der Waals surface area contributed by atoms with Crippen LogP contribution in [0.15, 0.2) is 6.07 Å². The van der Waals surface area contributed by atoms with Crippen LogP contribution in [0.2, 0.25) is 0 Å². The zero-order chi connectivity index (χ0) is 16.4. The Morgan fingerprint density at radius 1 is 1.35 bits per heavy atom. The van der Waals surface area contributed by atoms with Crippen LogP contribution in [0.5, 0.6) is 0 Å². The Hall–Kier alpha value is -1.01. The molecule has 0 aromatic carbocycles. The molecule has 2 saturated heterocycles. The topological polar surface area (TPSA) is 58.4 Å². The molecule has 2 fully saturated rings. The molecule has 0 radical (unpaired) electrons. The van der Waals surface area contributed by atoms with E-state index >= 15 is 0 Å². The number of aliphatic hydroxyl groups is 1. The Balaban J connectivity index is 1.54. The van der Waals surface area contributed by atoms with Gasteiger partial charge in [0.2, 0.25) is 0 Å². The number of aromatic nitrogens is 2. The minimum atomic E-state index is -1.10. The molecule has 23 heavy (non-hydrogen) atoms. The fraction of sp³-hybridized carbons (Fsp3) is 0.765. The van der Waals surface area contributed by atoms with Crippen molar-refractivity contribution in [1.82, 2.24) is 14.7 Å². The summed E-state index contributed by atoms with van der Waals surface area (Å²) in [7, 11) is 0. The van der Waals surface area contributed by atoms with E-state index in [0.29, 0.717) is 18.8 Å². The van der Waals surface area contributed by atoms with Crippen LogP contribution in [0.1, 0.15) is 37.1 Å². The van der Waals surface area contributed by atoms with Crippen LogP contribution in [0.3, 0.4) is 0 Å². The van der Waals surface area contributed by atoms with Crippen LogP contribution in [-0.4, -0.2) is 55.9 Å². The lowest BCUT2D eigenvalue weighted by atomic mass is 9.91. The van der Waals surface area contributed by atoms with E-state index in [1.165, 1.54) is 5.69 Å². The number of hydrogen-bond donors (Lipinski definition) is 1. The molecule has 128 valence electrons. The van der Waals surface area contributed by atoms with E-state index in [0.717, 1.165) is 49.7 Å². The molecular formula is C17H27N3O2S. The third kappa shape index (κ3) is 3.74. The highest BCUT2D eigenvalue weighted by Gasteiger charge is 2.41. The molecule has 0 aliphatic carbocycles. The molecule has 0 bridgehead atoms. The lowest BCUT2D eigenvalue weighted by molar-refractivity contribution is -0.153. The molecule has 3 heterocycles. The summed E-state index contributed by atoms with van der Waals surface area (Å²) in [5.74, 6) is 2.30. The van der Waals surface area contributed by atoms with Crippen LogP contribution in [0.4, 0.5) is 0 Å². The molecule has 0 unspecified atom stereocenters. The maximum absolute atomic E-state index is 12.6. The molecule has 1 N–H and O–H groups in total. The first-order valence-corrected chi connectivity index (χ1v) is 9.74. The highest BCUT2D eigenvalue weighted by Crippen LogP contribution is 2.30. The summed E-state index contributed by atoms with van der Waals surface area (Å²) in [5.41, 5.74) is 1.16. The van der Waals surface area contributed by atoms with Crippen molar-refractivity contribution >= 4 is 17.7 Å². The van der Waals surface area contributed by atoms with Gasteiger partial charge >= 0.3 is 0 Å². The van der Waals surface area contributed by atoms with E-state index < -0.39 is 5.60 Å². The van der Waals surface area contributed by atoms with Crippen molar-refractivity contribution in [3.8, 4) is 0 Å². The van der Waals surface area contributed by atoms with Gasteiger partial charge in [-0.25, -0.2) is 0 Å². The molecule has 0 atom stereocenters. The minimum absolute atomic E-state index is 0.0395. The van der Waals surface area contributed by atoms with E-state index in [9.17, 15) is 9.90 Å². The molecule has 5 nitrogen and oxygen atoms in total. The van der Waals surface area contributed by atoms with Gasteiger partial charge in [-0.15, -0.1) is 0 Å². The Kier molecular flexibility index (Phi) is 5.01. The van der Waals surface area contributed by atoms with E-state index in [4.69, 9.17) is 0 Å². The summed E-state index contributed by atoms with van der Waals surface area (Å²) in [6.45, 7) is 6.57. The van der Waals surface area contributed by atoms with E-state index in [1.807, 2.05) is 23.6 Å². The Morgan fingerprint density at radius 3 is 2.57 bits per heavy atom. The van der Waals surface area contributed by atoms with Gasteiger partial charge in [-0.3, -0.25) is 9.48 Å². The standard InChI is InChI=1S/C17H27N3O2S/c1-13-11-14(2)20(18-13)12-15-3-7-19(8-4-15)16(21)17(22)5-9-23-10-6-17/h11,15,22H,3-10,12H2,1-2H3. The van der Waals surface area contributed by atoms with Crippen LogP contribution < -0.4 is 0 Å². The molecule has 1 amide bonds. The molecule has 6 heteroatoms. The summed E-state index contributed by atoms with van der Waals surface area (Å²) in [6.07, 6.45) is 3.19. The molecule has 1 aromatic rings. The van der Waals surface area contributed by atoms with Gasteiger partial charge in [0, 0.05) is 25.3 Å².